The summed E-state index contributed by atoms with van der Waals surface area (Å²) in [6, 6.07) is 9.69. The van der Waals surface area contributed by atoms with Crippen molar-refractivity contribution in [2.45, 2.75) is 0 Å². The van der Waals surface area contributed by atoms with Gasteiger partial charge in [0.05, 0.1) is 19.9 Å². The van der Waals surface area contributed by atoms with Crippen molar-refractivity contribution in [1.82, 2.24) is 0 Å². The zero-order valence-corrected chi connectivity index (χ0v) is 14.2. The van der Waals surface area contributed by atoms with E-state index in [1.54, 1.807) is 37.5 Å². The Morgan fingerprint density at radius 3 is 2.52 bits per heavy atom. The molecule has 120 valence electrons. The Bertz CT molecular complexity index is 747. The maximum Gasteiger partial charge on any atom is 0.248 e. The Morgan fingerprint density at radius 2 is 1.87 bits per heavy atom. The van der Waals surface area contributed by atoms with E-state index in [9.17, 15) is 9.18 Å². The number of nitrogens with one attached hydrogen (secondary N) is 1. The van der Waals surface area contributed by atoms with E-state index < -0.39 is 11.7 Å². The monoisotopic (exact) mass is 379 g/mol. The van der Waals surface area contributed by atoms with Crippen molar-refractivity contribution in [3.05, 3.63) is 58.3 Å². The Hall–Kier alpha value is -2.34. The van der Waals surface area contributed by atoms with Crippen molar-refractivity contribution in [2.24, 2.45) is 0 Å². The van der Waals surface area contributed by atoms with E-state index in [4.69, 9.17) is 9.47 Å². The van der Waals surface area contributed by atoms with Gasteiger partial charge in [-0.05, 0) is 42.0 Å². The van der Waals surface area contributed by atoms with Crippen molar-refractivity contribution < 1.29 is 18.7 Å². The van der Waals surface area contributed by atoms with Gasteiger partial charge in [-0.25, -0.2) is 4.39 Å². The van der Waals surface area contributed by atoms with Crippen LogP contribution >= 0.6 is 15.9 Å². The first kappa shape index (κ1) is 17.0. The van der Waals surface area contributed by atoms with Crippen molar-refractivity contribution in [2.75, 3.05) is 19.5 Å². The highest BCUT2D eigenvalue weighted by Gasteiger charge is 2.06. The van der Waals surface area contributed by atoms with Crippen molar-refractivity contribution in [1.29, 1.82) is 0 Å². The van der Waals surface area contributed by atoms with Gasteiger partial charge in [-0.1, -0.05) is 22.0 Å². The summed E-state index contributed by atoms with van der Waals surface area (Å²) in [6.07, 6.45) is 2.93. The van der Waals surface area contributed by atoms with Crippen LogP contribution in [0.3, 0.4) is 0 Å². The highest BCUT2D eigenvalue weighted by atomic mass is 79.9. The second kappa shape index (κ2) is 7.78. The molecule has 6 heteroatoms. The fourth-order valence-corrected chi connectivity index (χ4v) is 2.23. The molecule has 0 unspecified atom stereocenters. The SMILES string of the molecule is COc1ccc(C=CC(=O)Nc2ccc(Br)cc2F)cc1OC. The third kappa shape index (κ3) is 4.56. The molecule has 0 aliphatic rings. The van der Waals surface area contributed by atoms with Crippen molar-refractivity contribution >= 4 is 33.6 Å². The molecule has 0 bridgehead atoms. The fraction of sp³-hybridized carbons (Fsp3) is 0.118. The summed E-state index contributed by atoms with van der Waals surface area (Å²) < 4.78 is 24.6. The molecule has 0 heterocycles. The minimum atomic E-state index is -0.507. The molecule has 0 aromatic heterocycles. The molecule has 0 saturated heterocycles. The molecular formula is C17H15BrFNO3. The summed E-state index contributed by atoms with van der Waals surface area (Å²) in [5.74, 6) is 0.230. The molecule has 0 fully saturated rings. The van der Waals surface area contributed by atoms with Gasteiger partial charge in [0.1, 0.15) is 5.82 Å². The molecule has 0 aliphatic heterocycles. The van der Waals surface area contributed by atoms with Gasteiger partial charge in [0.2, 0.25) is 5.91 Å². The third-order valence-electron chi connectivity index (χ3n) is 3.02. The summed E-state index contributed by atoms with van der Waals surface area (Å²) in [5.41, 5.74) is 0.879. The molecule has 1 amide bonds. The summed E-state index contributed by atoms with van der Waals surface area (Å²) in [6.45, 7) is 0. The summed E-state index contributed by atoms with van der Waals surface area (Å²) >= 11 is 3.16. The minimum absolute atomic E-state index is 0.121. The largest absolute Gasteiger partial charge is 0.493 e. The fourth-order valence-electron chi connectivity index (χ4n) is 1.89. The highest BCUT2D eigenvalue weighted by molar-refractivity contribution is 9.10. The van der Waals surface area contributed by atoms with Crippen LogP contribution in [0.2, 0.25) is 0 Å². The van der Waals surface area contributed by atoms with Crippen LogP contribution in [0.25, 0.3) is 6.08 Å². The Morgan fingerprint density at radius 1 is 1.13 bits per heavy atom. The normalized spacial score (nSPS) is 10.6. The van der Waals surface area contributed by atoms with Gasteiger partial charge in [0.25, 0.3) is 0 Å². The smallest absolute Gasteiger partial charge is 0.248 e. The van der Waals surface area contributed by atoms with Crippen LogP contribution in [0.15, 0.2) is 46.9 Å². The van der Waals surface area contributed by atoms with E-state index >= 15 is 0 Å². The molecule has 0 aliphatic carbocycles. The Balaban J connectivity index is 2.09. The molecule has 2 rings (SSSR count). The molecule has 23 heavy (non-hydrogen) atoms. The standard InChI is InChI=1S/C17H15BrFNO3/c1-22-15-7-3-11(9-16(15)23-2)4-8-17(21)20-14-6-5-12(18)10-13(14)19/h3-10H,1-2H3,(H,20,21). The quantitative estimate of drug-likeness (QED) is 0.789. The van der Waals surface area contributed by atoms with Crippen LogP contribution in [-0.4, -0.2) is 20.1 Å². The molecule has 0 atom stereocenters. The molecular weight excluding hydrogens is 365 g/mol. The van der Waals surface area contributed by atoms with Gasteiger partial charge < -0.3 is 14.8 Å². The third-order valence-corrected chi connectivity index (χ3v) is 3.52. The number of carbonyl (C=O) groups excluding carboxylic acids is 1. The lowest BCUT2D eigenvalue weighted by molar-refractivity contribution is -0.111. The Labute approximate surface area is 142 Å². The molecule has 0 saturated carbocycles. The first-order valence-electron chi connectivity index (χ1n) is 6.69. The zero-order chi connectivity index (χ0) is 16.8. The number of rotatable bonds is 5. The van der Waals surface area contributed by atoms with Gasteiger partial charge in [0.15, 0.2) is 11.5 Å². The molecule has 0 radical (unpaired) electrons. The van der Waals surface area contributed by atoms with Crippen LogP contribution in [-0.2, 0) is 4.79 Å². The molecule has 0 spiro atoms. The van der Waals surface area contributed by atoms with Crippen LogP contribution in [0.1, 0.15) is 5.56 Å². The highest BCUT2D eigenvalue weighted by Crippen LogP contribution is 2.28. The van der Waals surface area contributed by atoms with E-state index in [1.807, 2.05) is 0 Å². The number of methoxy groups -OCH3 is 2. The second-order valence-corrected chi connectivity index (χ2v) is 5.48. The minimum Gasteiger partial charge on any atom is -0.493 e. The van der Waals surface area contributed by atoms with Crippen LogP contribution in [0.5, 0.6) is 11.5 Å². The predicted molar refractivity (Wildman–Crippen MR) is 91.3 cm³/mol. The number of halogens is 2. The molecule has 4 nitrogen and oxygen atoms in total. The van der Waals surface area contributed by atoms with Crippen LogP contribution < -0.4 is 14.8 Å². The second-order valence-electron chi connectivity index (χ2n) is 4.56. The number of carbonyl (C=O) groups is 1. The van der Waals surface area contributed by atoms with E-state index in [0.717, 1.165) is 5.56 Å². The average Bonchev–Trinajstić information content (AvgIpc) is 2.55. The summed E-state index contributed by atoms with van der Waals surface area (Å²) in [4.78, 5) is 11.9. The molecule has 1 N–H and O–H groups in total. The lowest BCUT2D eigenvalue weighted by atomic mass is 10.2. The molecule has 2 aromatic rings. The predicted octanol–water partition coefficient (Wildman–Crippen LogP) is 4.26. The van der Waals surface area contributed by atoms with E-state index in [0.29, 0.717) is 16.0 Å². The first-order chi connectivity index (χ1) is 11.0. The average molecular weight is 380 g/mol. The first-order valence-corrected chi connectivity index (χ1v) is 7.49. The number of amides is 1. The summed E-state index contributed by atoms with van der Waals surface area (Å²) in [5, 5.41) is 2.48. The molecule has 2 aromatic carbocycles. The van der Waals surface area contributed by atoms with E-state index in [-0.39, 0.29) is 5.69 Å². The number of ether oxygens (including phenoxy) is 2. The van der Waals surface area contributed by atoms with Gasteiger partial charge in [-0.3, -0.25) is 4.79 Å². The summed E-state index contributed by atoms with van der Waals surface area (Å²) in [7, 11) is 3.09. The van der Waals surface area contributed by atoms with Gasteiger partial charge in [0, 0.05) is 10.5 Å². The number of anilines is 1. The van der Waals surface area contributed by atoms with Crippen molar-refractivity contribution in [3.63, 3.8) is 0 Å². The van der Waals surface area contributed by atoms with Crippen LogP contribution in [0.4, 0.5) is 10.1 Å². The maximum atomic E-state index is 13.7. The zero-order valence-electron chi connectivity index (χ0n) is 12.6. The van der Waals surface area contributed by atoms with Crippen molar-refractivity contribution in [3.8, 4) is 11.5 Å². The van der Waals surface area contributed by atoms with E-state index in [2.05, 4.69) is 21.2 Å². The van der Waals surface area contributed by atoms with Gasteiger partial charge in [-0.15, -0.1) is 0 Å². The van der Waals surface area contributed by atoms with Gasteiger partial charge >= 0.3 is 0 Å². The van der Waals surface area contributed by atoms with Crippen LogP contribution in [0, 0.1) is 5.82 Å². The Kier molecular flexibility index (Phi) is 5.76. The lowest BCUT2D eigenvalue weighted by Crippen LogP contribution is -2.09. The number of hydrogen-bond acceptors (Lipinski definition) is 3. The maximum absolute atomic E-state index is 13.7. The topological polar surface area (TPSA) is 47.6 Å². The lowest BCUT2D eigenvalue weighted by Gasteiger charge is -2.07. The van der Waals surface area contributed by atoms with Gasteiger partial charge in [-0.2, -0.15) is 0 Å². The number of hydrogen-bond donors (Lipinski definition) is 1. The van der Waals surface area contributed by atoms with E-state index in [1.165, 1.54) is 25.3 Å². The number of benzene rings is 2.